The minimum absolute atomic E-state index is 0.131. The average molecular weight is 226 g/mol. The van der Waals surface area contributed by atoms with Crippen LogP contribution >= 0.6 is 0 Å². The quantitative estimate of drug-likeness (QED) is 0.789. The van der Waals surface area contributed by atoms with Crippen molar-refractivity contribution in [3.05, 3.63) is 35.5 Å². The minimum Gasteiger partial charge on any atom is -0.489 e. The van der Waals surface area contributed by atoms with Gasteiger partial charge in [-0.15, -0.1) is 0 Å². The fourth-order valence-electron chi connectivity index (χ4n) is 1.69. The summed E-state index contributed by atoms with van der Waals surface area (Å²) in [5.74, 6) is 0.803. The van der Waals surface area contributed by atoms with Gasteiger partial charge in [0.1, 0.15) is 5.75 Å². The molecule has 0 saturated heterocycles. The summed E-state index contributed by atoms with van der Waals surface area (Å²) in [4.78, 5) is 4.46. The van der Waals surface area contributed by atoms with Crippen LogP contribution in [-0.4, -0.2) is 11.1 Å². The van der Waals surface area contributed by atoms with Crippen molar-refractivity contribution in [3.8, 4) is 11.8 Å². The van der Waals surface area contributed by atoms with Crippen molar-refractivity contribution in [2.24, 2.45) is 0 Å². The van der Waals surface area contributed by atoms with Gasteiger partial charge in [0, 0.05) is 5.39 Å². The molecule has 0 unspecified atom stereocenters. The number of benzene rings is 1. The van der Waals surface area contributed by atoms with Crippen LogP contribution in [0.15, 0.2) is 24.3 Å². The number of pyridine rings is 1. The van der Waals surface area contributed by atoms with Crippen LogP contribution < -0.4 is 4.74 Å². The van der Waals surface area contributed by atoms with Crippen molar-refractivity contribution in [2.45, 2.75) is 26.9 Å². The van der Waals surface area contributed by atoms with Crippen LogP contribution in [0.1, 0.15) is 25.1 Å². The molecule has 0 bridgehead atoms. The molecule has 0 fully saturated rings. The number of hydrogen-bond donors (Lipinski definition) is 0. The lowest BCUT2D eigenvalue weighted by atomic mass is 10.1. The molecule has 0 spiro atoms. The Labute approximate surface area is 101 Å². The first kappa shape index (κ1) is 11.4. The molecular formula is C14H14N2O. The predicted octanol–water partition coefficient (Wildman–Crippen LogP) is 3.20. The number of hydrogen-bond acceptors (Lipinski definition) is 3. The van der Waals surface area contributed by atoms with Gasteiger partial charge in [-0.25, -0.2) is 4.98 Å². The third kappa shape index (κ3) is 2.36. The molecule has 0 radical (unpaired) electrons. The summed E-state index contributed by atoms with van der Waals surface area (Å²) in [6.45, 7) is 5.89. The van der Waals surface area contributed by atoms with E-state index in [1.165, 1.54) is 0 Å². The van der Waals surface area contributed by atoms with Crippen LogP contribution in [0.3, 0.4) is 0 Å². The molecule has 3 nitrogen and oxygen atoms in total. The number of ether oxygens (including phenoxy) is 1. The fourth-order valence-corrected chi connectivity index (χ4v) is 1.69. The van der Waals surface area contributed by atoms with E-state index in [2.05, 4.69) is 11.1 Å². The van der Waals surface area contributed by atoms with Gasteiger partial charge in [-0.2, -0.15) is 5.26 Å². The van der Waals surface area contributed by atoms with Gasteiger partial charge in [0.05, 0.1) is 28.9 Å². The largest absolute Gasteiger partial charge is 0.489 e. The molecule has 0 amide bonds. The lowest BCUT2D eigenvalue weighted by Crippen LogP contribution is -2.07. The maximum absolute atomic E-state index is 8.84. The molecule has 1 aromatic heterocycles. The number of aromatic nitrogens is 1. The minimum atomic E-state index is 0.131. The van der Waals surface area contributed by atoms with Gasteiger partial charge in [-0.3, -0.25) is 0 Å². The van der Waals surface area contributed by atoms with Gasteiger partial charge in [0.25, 0.3) is 0 Å². The van der Waals surface area contributed by atoms with E-state index in [0.717, 1.165) is 22.3 Å². The van der Waals surface area contributed by atoms with E-state index < -0.39 is 0 Å². The van der Waals surface area contributed by atoms with Crippen molar-refractivity contribution in [1.82, 2.24) is 4.98 Å². The van der Waals surface area contributed by atoms with Gasteiger partial charge in [0.15, 0.2) is 0 Å². The topological polar surface area (TPSA) is 45.9 Å². The Hall–Kier alpha value is -2.08. The Bertz CT molecular complexity index is 597. The number of nitriles is 1. The standard InChI is InChI=1S/C14H14N2O/c1-9(2)17-14-7-12-5-4-11(8-15)6-13(12)16-10(14)3/h4-7,9H,1-3H3. The first-order valence-electron chi connectivity index (χ1n) is 5.58. The Morgan fingerprint density at radius 3 is 2.71 bits per heavy atom. The second-order valence-electron chi connectivity index (χ2n) is 4.26. The van der Waals surface area contributed by atoms with E-state index in [1.807, 2.05) is 32.9 Å². The van der Waals surface area contributed by atoms with Gasteiger partial charge in [0.2, 0.25) is 0 Å². The molecule has 0 saturated carbocycles. The van der Waals surface area contributed by atoms with E-state index in [4.69, 9.17) is 10.00 Å². The zero-order valence-corrected chi connectivity index (χ0v) is 10.2. The van der Waals surface area contributed by atoms with Gasteiger partial charge < -0.3 is 4.74 Å². The molecule has 1 heterocycles. The van der Waals surface area contributed by atoms with E-state index in [9.17, 15) is 0 Å². The molecule has 86 valence electrons. The SMILES string of the molecule is Cc1nc2cc(C#N)ccc2cc1OC(C)C. The lowest BCUT2D eigenvalue weighted by molar-refractivity contribution is 0.240. The summed E-state index contributed by atoms with van der Waals surface area (Å²) in [5, 5.41) is 9.83. The summed E-state index contributed by atoms with van der Waals surface area (Å²) >= 11 is 0. The maximum atomic E-state index is 8.84. The van der Waals surface area contributed by atoms with Gasteiger partial charge in [-0.05, 0) is 39.0 Å². The summed E-state index contributed by atoms with van der Waals surface area (Å²) < 4.78 is 5.68. The smallest absolute Gasteiger partial charge is 0.141 e. The Kier molecular flexibility index (Phi) is 2.97. The Morgan fingerprint density at radius 1 is 1.29 bits per heavy atom. The van der Waals surface area contributed by atoms with E-state index in [0.29, 0.717) is 5.56 Å². The van der Waals surface area contributed by atoms with Crippen LogP contribution in [0.5, 0.6) is 5.75 Å². The van der Waals surface area contributed by atoms with Crippen molar-refractivity contribution in [1.29, 1.82) is 5.26 Å². The number of nitrogens with zero attached hydrogens (tertiary/aromatic N) is 2. The molecule has 0 N–H and O–H groups in total. The van der Waals surface area contributed by atoms with Crippen LogP contribution in [-0.2, 0) is 0 Å². The summed E-state index contributed by atoms with van der Waals surface area (Å²) in [6.07, 6.45) is 0.131. The van der Waals surface area contributed by atoms with Crippen molar-refractivity contribution >= 4 is 10.9 Å². The Balaban J connectivity index is 2.55. The zero-order valence-electron chi connectivity index (χ0n) is 10.2. The molecule has 17 heavy (non-hydrogen) atoms. The van der Waals surface area contributed by atoms with Crippen molar-refractivity contribution in [2.75, 3.05) is 0 Å². The molecule has 0 aliphatic carbocycles. The second-order valence-corrected chi connectivity index (χ2v) is 4.26. The normalized spacial score (nSPS) is 10.5. The third-order valence-electron chi connectivity index (χ3n) is 2.45. The summed E-state index contributed by atoms with van der Waals surface area (Å²) in [6, 6.07) is 9.56. The fraction of sp³-hybridized carbons (Fsp3) is 0.286. The van der Waals surface area contributed by atoms with Crippen LogP contribution in [0.4, 0.5) is 0 Å². The van der Waals surface area contributed by atoms with Crippen LogP contribution in [0.25, 0.3) is 10.9 Å². The summed E-state index contributed by atoms with van der Waals surface area (Å²) in [5.41, 5.74) is 2.31. The number of rotatable bonds is 2. The lowest BCUT2D eigenvalue weighted by Gasteiger charge is -2.12. The monoisotopic (exact) mass is 226 g/mol. The van der Waals surface area contributed by atoms with E-state index >= 15 is 0 Å². The first-order chi connectivity index (χ1) is 8.10. The highest BCUT2D eigenvalue weighted by Gasteiger charge is 2.06. The predicted molar refractivity (Wildman–Crippen MR) is 67.0 cm³/mol. The third-order valence-corrected chi connectivity index (χ3v) is 2.45. The molecule has 0 atom stereocenters. The first-order valence-corrected chi connectivity index (χ1v) is 5.58. The van der Waals surface area contributed by atoms with Gasteiger partial charge >= 0.3 is 0 Å². The van der Waals surface area contributed by atoms with E-state index in [-0.39, 0.29) is 6.10 Å². The van der Waals surface area contributed by atoms with Crippen molar-refractivity contribution in [3.63, 3.8) is 0 Å². The van der Waals surface area contributed by atoms with E-state index in [1.54, 1.807) is 12.1 Å². The highest BCUT2D eigenvalue weighted by atomic mass is 16.5. The molecular weight excluding hydrogens is 212 g/mol. The molecule has 3 heteroatoms. The van der Waals surface area contributed by atoms with Crippen LogP contribution in [0, 0.1) is 18.3 Å². The highest BCUT2D eigenvalue weighted by Crippen LogP contribution is 2.24. The summed E-state index contributed by atoms with van der Waals surface area (Å²) in [7, 11) is 0. The number of aryl methyl sites for hydroxylation is 1. The maximum Gasteiger partial charge on any atom is 0.141 e. The zero-order chi connectivity index (χ0) is 12.4. The Morgan fingerprint density at radius 2 is 2.06 bits per heavy atom. The average Bonchev–Trinajstić information content (AvgIpc) is 2.29. The molecule has 0 aliphatic rings. The second kappa shape index (κ2) is 4.42. The van der Waals surface area contributed by atoms with Crippen LogP contribution in [0.2, 0.25) is 0 Å². The molecule has 0 aliphatic heterocycles. The number of fused-ring (bicyclic) bond motifs is 1. The van der Waals surface area contributed by atoms with Gasteiger partial charge in [-0.1, -0.05) is 6.07 Å². The van der Waals surface area contributed by atoms with Crippen molar-refractivity contribution < 1.29 is 4.74 Å². The molecule has 2 rings (SSSR count). The molecule has 1 aromatic carbocycles. The molecule has 2 aromatic rings. The highest BCUT2D eigenvalue weighted by molar-refractivity contribution is 5.81.